The van der Waals surface area contributed by atoms with Gasteiger partial charge >= 0.3 is 0 Å². The van der Waals surface area contributed by atoms with Crippen molar-refractivity contribution < 1.29 is 9.32 Å². The van der Waals surface area contributed by atoms with Gasteiger partial charge in [0.1, 0.15) is 0 Å². The van der Waals surface area contributed by atoms with Gasteiger partial charge in [-0.1, -0.05) is 54.0 Å². The summed E-state index contributed by atoms with van der Waals surface area (Å²) in [4.78, 5) is 19.0. The minimum absolute atomic E-state index is 0.156. The van der Waals surface area contributed by atoms with Gasteiger partial charge in [-0.25, -0.2) is 0 Å². The van der Waals surface area contributed by atoms with Crippen LogP contribution in [0.25, 0.3) is 11.4 Å². The van der Waals surface area contributed by atoms with Crippen LogP contribution in [0, 0.1) is 0 Å². The summed E-state index contributed by atoms with van der Waals surface area (Å²) < 4.78 is 5.35. The molecule has 3 aromatic rings. The molecule has 0 aliphatic rings. The molecule has 3 rings (SSSR count). The van der Waals surface area contributed by atoms with E-state index < -0.39 is 0 Å². The minimum atomic E-state index is 0.156. The van der Waals surface area contributed by atoms with Crippen molar-refractivity contribution in [2.24, 2.45) is 0 Å². The largest absolute Gasteiger partial charge is 0.342 e. The molecule has 0 radical (unpaired) electrons. The highest BCUT2D eigenvalue weighted by Crippen LogP contribution is 2.19. The Morgan fingerprint density at radius 2 is 1.79 bits per heavy atom. The molecular weight excluding hydrogens is 374 g/mol. The second kappa shape index (κ2) is 10.0. The fourth-order valence-electron chi connectivity index (χ4n) is 2.99. The summed E-state index contributed by atoms with van der Waals surface area (Å²) in [6.45, 7) is 3.37. The van der Waals surface area contributed by atoms with Crippen LogP contribution in [0.2, 0.25) is 5.02 Å². The summed E-state index contributed by atoms with van der Waals surface area (Å²) in [7, 11) is 0. The average molecular weight is 398 g/mol. The van der Waals surface area contributed by atoms with Crippen LogP contribution in [0.1, 0.15) is 31.2 Å². The topological polar surface area (TPSA) is 59.2 Å². The number of carbonyl (C=O) groups excluding carboxylic acids is 1. The molecule has 0 aliphatic heterocycles. The highest BCUT2D eigenvalue weighted by molar-refractivity contribution is 6.30. The van der Waals surface area contributed by atoms with Crippen LogP contribution in [-0.2, 0) is 17.6 Å². The van der Waals surface area contributed by atoms with Gasteiger partial charge in [0.25, 0.3) is 0 Å². The summed E-state index contributed by atoms with van der Waals surface area (Å²) in [5, 5.41) is 4.69. The molecule has 0 unspecified atom stereocenters. The number of hydrogen-bond donors (Lipinski definition) is 0. The van der Waals surface area contributed by atoms with Gasteiger partial charge in [-0.2, -0.15) is 4.98 Å². The Labute approximate surface area is 170 Å². The first-order valence-electron chi connectivity index (χ1n) is 9.56. The lowest BCUT2D eigenvalue weighted by molar-refractivity contribution is -0.131. The zero-order valence-electron chi connectivity index (χ0n) is 16.0. The van der Waals surface area contributed by atoms with Crippen molar-refractivity contribution in [1.82, 2.24) is 15.0 Å². The third-order valence-electron chi connectivity index (χ3n) is 4.48. The monoisotopic (exact) mass is 397 g/mol. The number of aromatic nitrogens is 2. The van der Waals surface area contributed by atoms with E-state index in [0.717, 1.165) is 24.9 Å². The number of amides is 1. The van der Waals surface area contributed by atoms with Crippen molar-refractivity contribution in [3.8, 4) is 11.4 Å². The lowest BCUT2D eigenvalue weighted by Crippen LogP contribution is -2.33. The molecule has 5 nitrogen and oxygen atoms in total. The Hall–Kier alpha value is -2.66. The Bertz CT molecular complexity index is 878. The number of carbonyl (C=O) groups is 1. The van der Waals surface area contributed by atoms with E-state index in [2.05, 4.69) is 17.1 Å². The summed E-state index contributed by atoms with van der Waals surface area (Å²) in [6, 6.07) is 17.4. The molecule has 0 atom stereocenters. The predicted octanol–water partition coefficient (Wildman–Crippen LogP) is 4.80. The van der Waals surface area contributed by atoms with Crippen molar-refractivity contribution >= 4 is 17.5 Å². The van der Waals surface area contributed by atoms with Crippen molar-refractivity contribution in [3.63, 3.8) is 0 Å². The van der Waals surface area contributed by atoms with Crippen molar-refractivity contribution in [3.05, 3.63) is 71.1 Å². The summed E-state index contributed by atoms with van der Waals surface area (Å²) in [6.07, 6.45) is 2.71. The number of nitrogens with zero attached hydrogens (tertiary/aromatic N) is 3. The molecule has 28 heavy (non-hydrogen) atoms. The van der Waals surface area contributed by atoms with Gasteiger partial charge in [0.05, 0.1) is 0 Å². The zero-order valence-corrected chi connectivity index (χ0v) is 16.7. The van der Waals surface area contributed by atoms with Crippen molar-refractivity contribution in [1.29, 1.82) is 0 Å². The van der Waals surface area contributed by atoms with Gasteiger partial charge in [0.15, 0.2) is 0 Å². The summed E-state index contributed by atoms with van der Waals surface area (Å²) in [5.41, 5.74) is 2.03. The third-order valence-corrected chi connectivity index (χ3v) is 4.73. The first-order chi connectivity index (χ1) is 13.7. The standard InChI is InChI=1S/C22H24ClN3O2/c1-2-15-26(21(27)13-8-17-6-4-3-5-7-17)16-14-20-24-22(25-28-20)18-9-11-19(23)12-10-18/h3-7,9-12H,2,8,13-16H2,1H3. The van der Waals surface area contributed by atoms with E-state index in [1.807, 2.05) is 47.4 Å². The van der Waals surface area contributed by atoms with Gasteiger partial charge in [0, 0.05) is 36.5 Å². The number of aryl methyl sites for hydroxylation is 1. The molecule has 0 fully saturated rings. The zero-order chi connectivity index (χ0) is 19.8. The fourth-order valence-corrected chi connectivity index (χ4v) is 3.11. The van der Waals surface area contributed by atoms with E-state index in [9.17, 15) is 4.79 Å². The van der Waals surface area contributed by atoms with Crippen molar-refractivity contribution in [2.45, 2.75) is 32.6 Å². The van der Waals surface area contributed by atoms with Gasteiger partial charge < -0.3 is 9.42 Å². The number of halogens is 1. The van der Waals surface area contributed by atoms with Gasteiger partial charge in [-0.15, -0.1) is 0 Å². The Morgan fingerprint density at radius 1 is 1.04 bits per heavy atom. The number of hydrogen-bond acceptors (Lipinski definition) is 4. The van der Waals surface area contributed by atoms with Crippen LogP contribution in [0.4, 0.5) is 0 Å². The molecule has 0 aliphatic carbocycles. The maximum atomic E-state index is 12.6. The predicted molar refractivity (Wildman–Crippen MR) is 110 cm³/mol. The lowest BCUT2D eigenvalue weighted by atomic mass is 10.1. The molecule has 0 saturated carbocycles. The van der Waals surface area contributed by atoms with Crippen LogP contribution < -0.4 is 0 Å². The number of rotatable bonds is 9. The maximum absolute atomic E-state index is 12.6. The molecule has 0 bridgehead atoms. The smallest absolute Gasteiger partial charge is 0.228 e. The molecule has 0 N–H and O–H groups in total. The van der Waals surface area contributed by atoms with Gasteiger partial charge in [-0.3, -0.25) is 4.79 Å². The Morgan fingerprint density at radius 3 is 2.50 bits per heavy atom. The van der Waals surface area contributed by atoms with E-state index in [4.69, 9.17) is 16.1 Å². The second-order valence-electron chi connectivity index (χ2n) is 6.64. The van der Waals surface area contributed by atoms with E-state index in [0.29, 0.717) is 36.1 Å². The Kier molecular flexibility index (Phi) is 7.20. The summed E-state index contributed by atoms with van der Waals surface area (Å²) in [5.74, 6) is 1.22. The SMILES string of the molecule is CCCN(CCc1nc(-c2ccc(Cl)cc2)no1)C(=O)CCc1ccccc1. The molecule has 0 saturated heterocycles. The van der Waals surface area contributed by atoms with E-state index in [1.165, 1.54) is 5.56 Å². The molecule has 1 heterocycles. The van der Waals surface area contributed by atoms with Crippen LogP contribution in [0.5, 0.6) is 0 Å². The highest BCUT2D eigenvalue weighted by atomic mass is 35.5. The fraction of sp³-hybridized carbons (Fsp3) is 0.318. The van der Waals surface area contributed by atoms with Crippen LogP contribution in [-0.4, -0.2) is 34.0 Å². The van der Waals surface area contributed by atoms with E-state index in [-0.39, 0.29) is 5.91 Å². The second-order valence-corrected chi connectivity index (χ2v) is 7.07. The van der Waals surface area contributed by atoms with Crippen molar-refractivity contribution in [2.75, 3.05) is 13.1 Å². The molecule has 6 heteroatoms. The van der Waals surface area contributed by atoms with E-state index >= 15 is 0 Å². The first-order valence-corrected chi connectivity index (χ1v) is 9.93. The van der Waals surface area contributed by atoms with Gasteiger partial charge in [0.2, 0.25) is 17.6 Å². The normalized spacial score (nSPS) is 10.8. The first kappa shape index (κ1) is 20.1. The minimum Gasteiger partial charge on any atom is -0.342 e. The van der Waals surface area contributed by atoms with Gasteiger partial charge in [-0.05, 0) is 42.7 Å². The van der Waals surface area contributed by atoms with Crippen LogP contribution >= 0.6 is 11.6 Å². The maximum Gasteiger partial charge on any atom is 0.228 e. The molecule has 146 valence electrons. The van der Waals surface area contributed by atoms with E-state index in [1.54, 1.807) is 12.1 Å². The lowest BCUT2D eigenvalue weighted by Gasteiger charge is -2.21. The molecule has 1 amide bonds. The highest BCUT2D eigenvalue weighted by Gasteiger charge is 2.15. The van der Waals surface area contributed by atoms with Crippen LogP contribution in [0.3, 0.4) is 0 Å². The summed E-state index contributed by atoms with van der Waals surface area (Å²) >= 11 is 5.91. The Balaban J connectivity index is 1.55. The third kappa shape index (κ3) is 5.67. The quantitative estimate of drug-likeness (QED) is 0.520. The average Bonchev–Trinajstić information content (AvgIpc) is 3.19. The van der Waals surface area contributed by atoms with Crippen LogP contribution in [0.15, 0.2) is 59.1 Å². The molecule has 0 spiro atoms. The number of benzene rings is 2. The molecule has 1 aromatic heterocycles. The molecular formula is C22H24ClN3O2. The molecule has 2 aromatic carbocycles.